The van der Waals surface area contributed by atoms with Crippen LogP contribution in [0.1, 0.15) is 22.3 Å². The molecule has 0 spiro atoms. The van der Waals surface area contributed by atoms with Crippen LogP contribution in [0, 0.1) is 12.8 Å². The van der Waals surface area contributed by atoms with Crippen molar-refractivity contribution in [2.24, 2.45) is 5.92 Å². The average Bonchev–Trinajstić information content (AvgIpc) is 3.26. The minimum atomic E-state index is 0.0327. The van der Waals surface area contributed by atoms with Crippen LogP contribution in [0.2, 0.25) is 5.02 Å². The van der Waals surface area contributed by atoms with Gasteiger partial charge in [-0.1, -0.05) is 41.9 Å². The van der Waals surface area contributed by atoms with E-state index >= 15 is 0 Å². The van der Waals surface area contributed by atoms with E-state index < -0.39 is 0 Å². The van der Waals surface area contributed by atoms with E-state index in [2.05, 4.69) is 29.6 Å². The molecule has 2 saturated heterocycles. The third-order valence-electron chi connectivity index (χ3n) is 6.19. The number of hydrogen-bond acceptors (Lipinski definition) is 2. The summed E-state index contributed by atoms with van der Waals surface area (Å²) >= 11 is 6.28. The lowest BCUT2D eigenvalue weighted by atomic mass is 9.97. The molecule has 2 aliphatic heterocycles. The van der Waals surface area contributed by atoms with E-state index in [0.29, 0.717) is 25.1 Å². The largest absolute Gasteiger partial charge is 0.351 e. The van der Waals surface area contributed by atoms with Gasteiger partial charge < -0.3 is 10.2 Å². The Bertz CT molecular complexity index is 1140. The van der Waals surface area contributed by atoms with E-state index in [1.54, 1.807) is 0 Å². The number of rotatable bonds is 2. The van der Waals surface area contributed by atoms with Crippen molar-refractivity contribution in [3.05, 3.63) is 70.7 Å². The SMILES string of the molecule is Cc1c(Cl)cccc1-c1ccc2cc(C(=O)N3C[C@@H]4CC(=O)N[C@@H]4C3)ccc2c1. The number of nitrogens with zero attached hydrogens (tertiary/aromatic N) is 1. The maximum atomic E-state index is 13.0. The molecule has 2 amide bonds. The maximum Gasteiger partial charge on any atom is 0.253 e. The van der Waals surface area contributed by atoms with Gasteiger partial charge in [0.2, 0.25) is 5.91 Å². The molecular formula is C24H21ClN2O2. The summed E-state index contributed by atoms with van der Waals surface area (Å²) in [6, 6.07) is 18.2. The predicted molar refractivity (Wildman–Crippen MR) is 115 cm³/mol. The Kier molecular flexibility index (Phi) is 4.32. The highest BCUT2D eigenvalue weighted by molar-refractivity contribution is 6.31. The van der Waals surface area contributed by atoms with Crippen molar-refractivity contribution in [2.45, 2.75) is 19.4 Å². The fraction of sp³-hybridized carbons (Fsp3) is 0.250. The molecule has 4 nitrogen and oxygen atoms in total. The van der Waals surface area contributed by atoms with Gasteiger partial charge in [0.05, 0.1) is 6.04 Å². The van der Waals surface area contributed by atoms with Gasteiger partial charge in [0, 0.05) is 36.0 Å². The summed E-state index contributed by atoms with van der Waals surface area (Å²) in [5.74, 6) is 0.379. The van der Waals surface area contributed by atoms with Gasteiger partial charge in [-0.05, 0) is 58.7 Å². The molecule has 2 atom stereocenters. The van der Waals surface area contributed by atoms with Gasteiger partial charge in [-0.2, -0.15) is 0 Å². The predicted octanol–water partition coefficient (Wildman–Crippen LogP) is 4.43. The highest BCUT2D eigenvalue weighted by atomic mass is 35.5. The van der Waals surface area contributed by atoms with Crippen molar-refractivity contribution in [1.82, 2.24) is 10.2 Å². The molecule has 3 aromatic carbocycles. The van der Waals surface area contributed by atoms with Crippen molar-refractivity contribution in [2.75, 3.05) is 13.1 Å². The molecule has 5 rings (SSSR count). The molecule has 0 aliphatic carbocycles. The van der Waals surface area contributed by atoms with Crippen molar-refractivity contribution >= 4 is 34.2 Å². The number of nitrogens with one attached hydrogen (secondary N) is 1. The molecule has 0 unspecified atom stereocenters. The quantitative estimate of drug-likeness (QED) is 0.687. The minimum absolute atomic E-state index is 0.0327. The van der Waals surface area contributed by atoms with Crippen LogP contribution >= 0.6 is 11.6 Å². The van der Waals surface area contributed by atoms with E-state index in [1.807, 2.05) is 42.2 Å². The topological polar surface area (TPSA) is 49.4 Å². The zero-order valence-electron chi connectivity index (χ0n) is 16.1. The third kappa shape index (κ3) is 3.18. The first-order valence-corrected chi connectivity index (χ1v) is 10.3. The van der Waals surface area contributed by atoms with E-state index in [1.165, 1.54) is 0 Å². The Hall–Kier alpha value is -2.85. The van der Waals surface area contributed by atoms with Gasteiger partial charge >= 0.3 is 0 Å². The molecule has 29 heavy (non-hydrogen) atoms. The van der Waals surface area contributed by atoms with Crippen LogP contribution in [0.15, 0.2) is 54.6 Å². The first kappa shape index (κ1) is 18.2. The lowest BCUT2D eigenvalue weighted by molar-refractivity contribution is -0.119. The summed E-state index contributed by atoms with van der Waals surface area (Å²) in [6.45, 7) is 3.27. The third-order valence-corrected chi connectivity index (χ3v) is 6.60. The van der Waals surface area contributed by atoms with E-state index in [9.17, 15) is 9.59 Å². The number of likely N-dealkylation sites (tertiary alicyclic amines) is 1. The van der Waals surface area contributed by atoms with Crippen LogP contribution in [0.4, 0.5) is 0 Å². The zero-order chi connectivity index (χ0) is 20.1. The lowest BCUT2D eigenvalue weighted by Crippen LogP contribution is -2.35. The molecule has 2 heterocycles. The second kappa shape index (κ2) is 6.89. The second-order valence-corrected chi connectivity index (χ2v) is 8.44. The molecule has 1 N–H and O–H groups in total. The Morgan fingerprint density at radius 2 is 1.86 bits per heavy atom. The lowest BCUT2D eigenvalue weighted by Gasteiger charge is -2.18. The molecule has 2 fully saturated rings. The molecule has 0 radical (unpaired) electrons. The zero-order valence-corrected chi connectivity index (χ0v) is 16.9. The van der Waals surface area contributed by atoms with Gasteiger partial charge in [-0.15, -0.1) is 0 Å². The van der Waals surface area contributed by atoms with E-state index in [4.69, 9.17) is 11.6 Å². The highest BCUT2D eigenvalue weighted by Gasteiger charge is 2.41. The van der Waals surface area contributed by atoms with E-state index in [0.717, 1.165) is 32.5 Å². The monoisotopic (exact) mass is 404 g/mol. The number of benzene rings is 3. The van der Waals surface area contributed by atoms with Crippen LogP contribution in [0.25, 0.3) is 21.9 Å². The van der Waals surface area contributed by atoms with Crippen LogP contribution in [-0.2, 0) is 4.79 Å². The van der Waals surface area contributed by atoms with Crippen molar-refractivity contribution in [3.8, 4) is 11.1 Å². The molecule has 0 saturated carbocycles. The minimum Gasteiger partial charge on any atom is -0.351 e. The summed E-state index contributed by atoms with van der Waals surface area (Å²) in [6.07, 6.45) is 0.526. The fourth-order valence-electron chi connectivity index (χ4n) is 4.56. The van der Waals surface area contributed by atoms with Gasteiger partial charge in [0.15, 0.2) is 0 Å². The van der Waals surface area contributed by atoms with Gasteiger partial charge in [-0.3, -0.25) is 9.59 Å². The maximum absolute atomic E-state index is 13.0. The first-order chi connectivity index (χ1) is 14.0. The van der Waals surface area contributed by atoms with Gasteiger partial charge in [0.25, 0.3) is 5.91 Å². The van der Waals surface area contributed by atoms with Crippen LogP contribution in [-0.4, -0.2) is 35.8 Å². The average molecular weight is 405 g/mol. The summed E-state index contributed by atoms with van der Waals surface area (Å²) in [5.41, 5.74) is 3.98. The first-order valence-electron chi connectivity index (χ1n) is 9.87. The summed E-state index contributed by atoms with van der Waals surface area (Å²) in [4.78, 5) is 26.3. The second-order valence-electron chi connectivity index (χ2n) is 8.04. The number of carbonyl (C=O) groups is 2. The molecule has 0 bridgehead atoms. The molecule has 146 valence electrons. The smallest absolute Gasteiger partial charge is 0.253 e. The fourth-order valence-corrected chi connectivity index (χ4v) is 4.73. The molecule has 3 aromatic rings. The molecule has 5 heteroatoms. The van der Waals surface area contributed by atoms with Crippen LogP contribution in [0.5, 0.6) is 0 Å². The number of halogens is 1. The number of carbonyl (C=O) groups excluding carboxylic acids is 2. The molecule has 0 aromatic heterocycles. The normalized spacial score (nSPS) is 20.8. The summed E-state index contributed by atoms with van der Waals surface area (Å²) < 4.78 is 0. The standard InChI is InChI=1S/C24H21ClN2O2/c1-14-20(3-2-4-21(14)25)17-7-5-16-10-18(8-6-15(16)9-17)24(29)27-12-19-11-23(28)26-22(19)13-27/h2-10,19,22H,11-13H2,1H3,(H,26,28)/t19-,22+/m0/s1. The van der Waals surface area contributed by atoms with Crippen molar-refractivity contribution in [3.63, 3.8) is 0 Å². The number of amides is 2. The molecule has 2 aliphatic rings. The number of fused-ring (bicyclic) bond motifs is 2. The molecular weight excluding hydrogens is 384 g/mol. The summed E-state index contributed by atoms with van der Waals surface area (Å²) in [5, 5.41) is 5.85. The van der Waals surface area contributed by atoms with Gasteiger partial charge in [-0.25, -0.2) is 0 Å². The van der Waals surface area contributed by atoms with Gasteiger partial charge in [0.1, 0.15) is 0 Å². The Morgan fingerprint density at radius 3 is 2.69 bits per heavy atom. The Labute approximate surface area is 174 Å². The highest BCUT2D eigenvalue weighted by Crippen LogP contribution is 2.31. The number of hydrogen-bond donors (Lipinski definition) is 1. The summed E-state index contributed by atoms with van der Waals surface area (Å²) in [7, 11) is 0. The van der Waals surface area contributed by atoms with Crippen LogP contribution < -0.4 is 5.32 Å². The van der Waals surface area contributed by atoms with E-state index in [-0.39, 0.29) is 23.8 Å². The Balaban J connectivity index is 1.42. The Morgan fingerprint density at radius 1 is 1.07 bits per heavy atom. The van der Waals surface area contributed by atoms with Crippen molar-refractivity contribution < 1.29 is 9.59 Å². The van der Waals surface area contributed by atoms with Crippen LogP contribution in [0.3, 0.4) is 0 Å². The van der Waals surface area contributed by atoms with Crippen molar-refractivity contribution in [1.29, 1.82) is 0 Å².